The maximum atomic E-state index is 12.1. The van der Waals surface area contributed by atoms with Crippen LogP contribution in [-0.4, -0.2) is 36.2 Å². The first-order valence-electron chi connectivity index (χ1n) is 8.02. The van der Waals surface area contributed by atoms with Crippen molar-refractivity contribution in [3.63, 3.8) is 0 Å². The number of nitro benzene ring substituents is 1. The van der Waals surface area contributed by atoms with Crippen molar-refractivity contribution in [1.29, 1.82) is 0 Å². The maximum Gasteiger partial charge on any atom is 0.311 e. The van der Waals surface area contributed by atoms with Gasteiger partial charge in [0, 0.05) is 23.6 Å². The second kappa shape index (κ2) is 9.23. The molecule has 0 atom stereocenters. The Morgan fingerprint density at radius 1 is 0.963 bits per heavy atom. The van der Waals surface area contributed by atoms with E-state index < -0.39 is 23.3 Å². The summed E-state index contributed by atoms with van der Waals surface area (Å²) in [4.78, 5) is 46.0. The van der Waals surface area contributed by atoms with E-state index in [2.05, 4.69) is 0 Å². The van der Waals surface area contributed by atoms with Crippen LogP contribution >= 0.6 is 0 Å². The molecule has 0 N–H and O–H groups in total. The highest BCUT2D eigenvalue weighted by Gasteiger charge is 2.19. The first kappa shape index (κ1) is 19.8. The Hall–Kier alpha value is -3.55. The van der Waals surface area contributed by atoms with E-state index in [-0.39, 0.29) is 35.6 Å². The molecule has 2 rings (SSSR count). The third-order valence-corrected chi connectivity index (χ3v) is 3.71. The highest BCUT2D eigenvalue weighted by Crippen LogP contribution is 2.27. The van der Waals surface area contributed by atoms with Gasteiger partial charge in [0.25, 0.3) is 0 Å². The molecular formula is C19H17NO7. The van der Waals surface area contributed by atoms with Crippen molar-refractivity contribution in [2.75, 3.05) is 13.7 Å². The number of esters is 1. The molecule has 0 unspecified atom stereocenters. The molecule has 0 saturated heterocycles. The molecule has 0 radical (unpaired) electrons. The molecule has 8 heteroatoms. The Morgan fingerprint density at radius 2 is 1.67 bits per heavy atom. The molecule has 0 aliphatic heterocycles. The minimum atomic E-state index is -0.698. The Labute approximate surface area is 154 Å². The van der Waals surface area contributed by atoms with E-state index in [1.165, 1.54) is 19.2 Å². The predicted molar refractivity (Wildman–Crippen MR) is 94.9 cm³/mol. The van der Waals surface area contributed by atoms with Crippen molar-refractivity contribution in [2.45, 2.75) is 12.8 Å². The topological polar surface area (TPSA) is 113 Å². The molecular weight excluding hydrogens is 354 g/mol. The Balaban J connectivity index is 1.88. The number of hydrogen-bond acceptors (Lipinski definition) is 7. The Bertz CT molecular complexity index is 862. The molecule has 140 valence electrons. The van der Waals surface area contributed by atoms with E-state index >= 15 is 0 Å². The Morgan fingerprint density at radius 3 is 2.30 bits per heavy atom. The molecule has 0 amide bonds. The van der Waals surface area contributed by atoms with Crippen molar-refractivity contribution >= 4 is 23.2 Å². The van der Waals surface area contributed by atoms with Gasteiger partial charge < -0.3 is 9.47 Å². The van der Waals surface area contributed by atoms with Gasteiger partial charge in [-0.05, 0) is 12.1 Å². The normalized spacial score (nSPS) is 10.1. The number of rotatable bonds is 9. The zero-order valence-electron chi connectivity index (χ0n) is 14.5. The zero-order chi connectivity index (χ0) is 19.8. The summed E-state index contributed by atoms with van der Waals surface area (Å²) in [6.45, 7) is -0.568. The molecule has 0 aromatic heterocycles. The van der Waals surface area contributed by atoms with Crippen molar-refractivity contribution < 1.29 is 28.8 Å². The summed E-state index contributed by atoms with van der Waals surface area (Å²) in [5.74, 6) is -1.48. The van der Waals surface area contributed by atoms with Crippen molar-refractivity contribution in [1.82, 2.24) is 0 Å². The lowest BCUT2D eigenvalue weighted by atomic mass is 10.1. The molecule has 2 aromatic rings. The minimum Gasteiger partial charge on any atom is -0.490 e. The molecule has 2 aromatic carbocycles. The van der Waals surface area contributed by atoms with Crippen LogP contribution in [0.4, 0.5) is 5.69 Å². The quantitative estimate of drug-likeness (QED) is 0.288. The molecule has 0 bridgehead atoms. The van der Waals surface area contributed by atoms with Gasteiger partial charge in [-0.2, -0.15) is 0 Å². The molecule has 0 heterocycles. The summed E-state index contributed by atoms with van der Waals surface area (Å²) in [5.41, 5.74) is 0.158. The summed E-state index contributed by atoms with van der Waals surface area (Å²) in [5, 5.41) is 11.0. The number of nitrogens with zero attached hydrogens (tertiary/aromatic N) is 1. The van der Waals surface area contributed by atoms with Crippen LogP contribution < -0.4 is 4.74 Å². The van der Waals surface area contributed by atoms with Crippen LogP contribution in [0.3, 0.4) is 0 Å². The standard InChI is InChI=1S/C19H17NO7/c1-26-18-9-7-14(11-15(18)20(24)25)17(22)12-27-19(23)10-8-16(21)13-5-3-2-4-6-13/h2-7,9,11H,8,10,12H2,1H3. The van der Waals surface area contributed by atoms with Crippen LogP contribution in [0.1, 0.15) is 33.6 Å². The molecule has 0 aliphatic rings. The van der Waals surface area contributed by atoms with E-state index in [1.54, 1.807) is 30.3 Å². The fourth-order valence-corrected chi connectivity index (χ4v) is 2.29. The number of benzene rings is 2. The molecule has 27 heavy (non-hydrogen) atoms. The second-order valence-corrected chi connectivity index (χ2v) is 5.52. The number of Topliss-reactive ketones (excluding diaryl/α,β-unsaturated/α-hetero) is 2. The van der Waals surface area contributed by atoms with Gasteiger partial charge in [-0.15, -0.1) is 0 Å². The number of carbonyl (C=O) groups excluding carboxylic acids is 3. The molecule has 0 aliphatic carbocycles. The Kier molecular flexibility index (Phi) is 6.76. The number of ether oxygens (including phenoxy) is 2. The third kappa shape index (κ3) is 5.46. The van der Waals surface area contributed by atoms with Crippen LogP contribution in [0.25, 0.3) is 0 Å². The number of hydrogen-bond donors (Lipinski definition) is 0. The van der Waals surface area contributed by atoms with Crippen LogP contribution in [0, 0.1) is 10.1 Å². The molecule has 0 saturated carbocycles. The first-order chi connectivity index (χ1) is 12.9. The van der Waals surface area contributed by atoms with Gasteiger partial charge in [-0.3, -0.25) is 24.5 Å². The lowest BCUT2D eigenvalue weighted by molar-refractivity contribution is -0.385. The van der Waals surface area contributed by atoms with E-state index in [9.17, 15) is 24.5 Å². The van der Waals surface area contributed by atoms with Crippen molar-refractivity contribution in [2.24, 2.45) is 0 Å². The zero-order valence-corrected chi connectivity index (χ0v) is 14.5. The smallest absolute Gasteiger partial charge is 0.311 e. The van der Waals surface area contributed by atoms with Crippen LogP contribution in [0.5, 0.6) is 5.75 Å². The summed E-state index contributed by atoms with van der Waals surface area (Å²) in [7, 11) is 1.28. The lowest BCUT2D eigenvalue weighted by Crippen LogP contribution is -2.15. The summed E-state index contributed by atoms with van der Waals surface area (Å²) >= 11 is 0. The minimum absolute atomic E-state index is 0.0213. The van der Waals surface area contributed by atoms with E-state index in [1.807, 2.05) is 0 Å². The summed E-state index contributed by atoms with van der Waals surface area (Å²) in [6.07, 6.45) is -0.200. The third-order valence-electron chi connectivity index (χ3n) is 3.71. The number of ketones is 2. The maximum absolute atomic E-state index is 12.1. The summed E-state index contributed by atoms with van der Waals surface area (Å²) < 4.78 is 9.72. The van der Waals surface area contributed by atoms with Gasteiger partial charge in [0.2, 0.25) is 5.78 Å². The fraction of sp³-hybridized carbons (Fsp3) is 0.211. The number of nitro groups is 1. The van der Waals surface area contributed by atoms with Crippen LogP contribution in [0.15, 0.2) is 48.5 Å². The predicted octanol–water partition coefficient (Wildman–Crippen LogP) is 2.99. The van der Waals surface area contributed by atoms with E-state index in [0.29, 0.717) is 5.56 Å². The van der Waals surface area contributed by atoms with Gasteiger partial charge >= 0.3 is 11.7 Å². The fourth-order valence-electron chi connectivity index (χ4n) is 2.29. The highest BCUT2D eigenvalue weighted by atomic mass is 16.6. The van der Waals surface area contributed by atoms with Gasteiger partial charge in [-0.1, -0.05) is 30.3 Å². The largest absolute Gasteiger partial charge is 0.490 e. The average molecular weight is 371 g/mol. The van der Waals surface area contributed by atoms with Gasteiger partial charge in [0.1, 0.15) is 0 Å². The van der Waals surface area contributed by atoms with Gasteiger partial charge in [0.15, 0.2) is 18.1 Å². The van der Waals surface area contributed by atoms with Gasteiger partial charge in [-0.25, -0.2) is 0 Å². The summed E-state index contributed by atoms with van der Waals surface area (Å²) in [6, 6.07) is 12.2. The lowest BCUT2D eigenvalue weighted by Gasteiger charge is -2.06. The number of carbonyl (C=O) groups is 3. The van der Waals surface area contributed by atoms with E-state index in [0.717, 1.165) is 6.07 Å². The van der Waals surface area contributed by atoms with Crippen molar-refractivity contribution in [3.05, 3.63) is 69.8 Å². The average Bonchev–Trinajstić information content (AvgIpc) is 2.70. The molecule has 8 nitrogen and oxygen atoms in total. The van der Waals surface area contributed by atoms with Crippen LogP contribution in [0.2, 0.25) is 0 Å². The molecule has 0 fully saturated rings. The monoisotopic (exact) mass is 371 g/mol. The van der Waals surface area contributed by atoms with Crippen LogP contribution in [-0.2, 0) is 9.53 Å². The SMILES string of the molecule is COc1ccc(C(=O)COC(=O)CCC(=O)c2ccccc2)cc1[N+](=O)[O-]. The highest BCUT2D eigenvalue weighted by molar-refractivity contribution is 5.99. The van der Waals surface area contributed by atoms with Gasteiger partial charge in [0.05, 0.1) is 18.5 Å². The molecule has 0 spiro atoms. The van der Waals surface area contributed by atoms with E-state index in [4.69, 9.17) is 9.47 Å². The van der Waals surface area contributed by atoms with Crippen molar-refractivity contribution in [3.8, 4) is 5.75 Å². The first-order valence-corrected chi connectivity index (χ1v) is 8.02. The number of methoxy groups -OCH3 is 1. The second-order valence-electron chi connectivity index (χ2n) is 5.52.